The molecule has 1 heterocycles. The van der Waals surface area contributed by atoms with E-state index in [4.69, 9.17) is 5.73 Å². The third-order valence-corrected chi connectivity index (χ3v) is 6.46. The molecule has 4 bridgehead atoms. The van der Waals surface area contributed by atoms with E-state index in [1.54, 1.807) is 0 Å². The van der Waals surface area contributed by atoms with Gasteiger partial charge < -0.3 is 10.7 Å². The van der Waals surface area contributed by atoms with Gasteiger partial charge in [-0.2, -0.15) is 0 Å². The van der Waals surface area contributed by atoms with Gasteiger partial charge in [0.05, 0.1) is 5.41 Å². The van der Waals surface area contributed by atoms with Crippen LogP contribution >= 0.6 is 0 Å². The summed E-state index contributed by atoms with van der Waals surface area (Å²) in [5.41, 5.74) is 5.76. The minimum atomic E-state index is -0.230. The van der Waals surface area contributed by atoms with Gasteiger partial charge in [0.2, 0.25) is 0 Å². The summed E-state index contributed by atoms with van der Waals surface area (Å²) in [5.74, 6) is 3.34. The number of hydrogen-bond donors (Lipinski definition) is 2. The number of nitrogens with zero attached hydrogens (tertiary/aromatic N) is 2. The monoisotopic (exact) mass is 322 g/mol. The zero-order valence-electron chi connectivity index (χ0n) is 13.7. The Bertz CT molecular complexity index is 815. The predicted molar refractivity (Wildman–Crippen MR) is 92.8 cm³/mol. The maximum atomic E-state index is 12.9. The molecule has 1 amide bonds. The lowest BCUT2D eigenvalue weighted by Crippen LogP contribution is -2.49. The molecule has 4 saturated carbocycles. The highest BCUT2D eigenvalue weighted by Gasteiger charge is 2.54. The zero-order chi connectivity index (χ0) is 16.3. The molecule has 124 valence electrons. The number of carbonyl (C=O) groups excluding carboxylic acids is 1. The molecule has 0 aliphatic heterocycles. The lowest BCUT2D eigenvalue weighted by atomic mass is 9.49. The number of benzene rings is 1. The predicted octanol–water partition coefficient (Wildman–Crippen LogP) is 4.58. The molecule has 3 N–H and O–H groups in total. The smallest absolute Gasteiger partial charge is 0.270 e. The minimum absolute atomic E-state index is 0.0150. The number of aromatic amines is 1. The standard InChI is InChI=1S/C19H22N4O/c20-16-14-3-1-2-4-15(14)17(21-16)22-23-18(24)19-8-11-5-12(9-19)7-13(6-11)10-19/h1-4,11-13,21H,5-10,20H2. The van der Waals surface area contributed by atoms with E-state index in [1.807, 2.05) is 24.3 Å². The van der Waals surface area contributed by atoms with Gasteiger partial charge in [-0.3, -0.25) is 4.79 Å². The quantitative estimate of drug-likeness (QED) is 0.793. The Morgan fingerprint density at radius 2 is 1.62 bits per heavy atom. The van der Waals surface area contributed by atoms with Gasteiger partial charge in [0, 0.05) is 10.8 Å². The second-order valence-electron chi connectivity index (χ2n) is 8.14. The Hall–Kier alpha value is -2.17. The van der Waals surface area contributed by atoms with Gasteiger partial charge in [-0.05, 0) is 56.3 Å². The molecule has 1 aromatic heterocycles. The van der Waals surface area contributed by atoms with Gasteiger partial charge in [-0.1, -0.05) is 24.3 Å². The van der Waals surface area contributed by atoms with E-state index >= 15 is 0 Å². The van der Waals surface area contributed by atoms with Crippen LogP contribution in [0, 0.1) is 23.2 Å². The van der Waals surface area contributed by atoms with Crippen molar-refractivity contribution < 1.29 is 4.79 Å². The lowest BCUT2D eigenvalue weighted by molar-refractivity contribution is -0.143. The number of aromatic nitrogens is 1. The number of nitrogens with two attached hydrogens (primary N) is 1. The molecular weight excluding hydrogens is 300 g/mol. The van der Waals surface area contributed by atoms with Crippen molar-refractivity contribution in [2.24, 2.45) is 33.4 Å². The van der Waals surface area contributed by atoms with Crippen molar-refractivity contribution in [3.63, 3.8) is 0 Å². The van der Waals surface area contributed by atoms with Crippen LogP contribution in [0.25, 0.3) is 10.8 Å². The molecule has 0 saturated heterocycles. The maximum absolute atomic E-state index is 12.9. The molecule has 0 atom stereocenters. The molecule has 0 radical (unpaired) electrons. The number of nitrogen functional groups attached to an aromatic ring is 1. The highest BCUT2D eigenvalue weighted by Crippen LogP contribution is 2.60. The van der Waals surface area contributed by atoms with Gasteiger partial charge in [-0.25, -0.2) is 0 Å². The molecule has 0 unspecified atom stereocenters. The molecule has 2 aromatic rings. The van der Waals surface area contributed by atoms with E-state index in [9.17, 15) is 4.79 Å². The maximum Gasteiger partial charge on any atom is 0.270 e. The van der Waals surface area contributed by atoms with E-state index in [0.717, 1.165) is 47.8 Å². The SMILES string of the molecule is Nc1[nH]c(N=NC(=O)C23CC4CC(CC(C4)C2)C3)c2ccccc12. The van der Waals surface area contributed by atoms with Crippen molar-refractivity contribution in [2.75, 3.05) is 5.73 Å². The Morgan fingerprint density at radius 1 is 1.04 bits per heavy atom. The van der Waals surface area contributed by atoms with Crippen LogP contribution in [-0.2, 0) is 4.79 Å². The number of nitrogens with one attached hydrogen (secondary N) is 1. The van der Waals surface area contributed by atoms with Crippen molar-refractivity contribution in [1.82, 2.24) is 4.98 Å². The molecule has 5 heteroatoms. The Kier molecular flexibility index (Phi) is 2.91. The molecular formula is C19H22N4O. The first kappa shape index (κ1) is 14.2. The van der Waals surface area contributed by atoms with Crippen LogP contribution in [0.4, 0.5) is 11.6 Å². The van der Waals surface area contributed by atoms with Gasteiger partial charge in [-0.15, -0.1) is 10.2 Å². The Morgan fingerprint density at radius 3 is 2.25 bits per heavy atom. The molecule has 4 aliphatic rings. The number of amides is 1. The van der Waals surface area contributed by atoms with Crippen LogP contribution < -0.4 is 5.73 Å². The Labute approximate surface area is 140 Å². The number of fused-ring (bicyclic) bond motifs is 1. The third kappa shape index (κ3) is 2.03. The summed E-state index contributed by atoms with van der Waals surface area (Å²) in [6, 6.07) is 7.77. The van der Waals surface area contributed by atoms with E-state index < -0.39 is 0 Å². The highest BCUT2D eigenvalue weighted by molar-refractivity contribution is 5.99. The number of azo groups is 1. The number of hydrogen-bond acceptors (Lipinski definition) is 3. The summed E-state index contributed by atoms with van der Waals surface area (Å²) in [5, 5.41) is 10.2. The first-order valence-electron chi connectivity index (χ1n) is 8.95. The fourth-order valence-electron chi connectivity index (χ4n) is 5.84. The van der Waals surface area contributed by atoms with Crippen molar-refractivity contribution in [1.29, 1.82) is 0 Å². The average Bonchev–Trinajstić information content (AvgIpc) is 2.88. The second-order valence-corrected chi connectivity index (χ2v) is 8.14. The molecule has 1 aromatic carbocycles. The number of anilines is 1. The van der Waals surface area contributed by atoms with E-state index in [0.29, 0.717) is 11.6 Å². The first-order chi connectivity index (χ1) is 11.6. The van der Waals surface area contributed by atoms with Crippen LogP contribution in [0.5, 0.6) is 0 Å². The summed E-state index contributed by atoms with van der Waals surface area (Å²) in [6.45, 7) is 0. The summed E-state index contributed by atoms with van der Waals surface area (Å²) < 4.78 is 0. The minimum Gasteiger partial charge on any atom is -0.385 e. The highest BCUT2D eigenvalue weighted by atomic mass is 16.2. The average molecular weight is 322 g/mol. The van der Waals surface area contributed by atoms with Gasteiger partial charge in [0.1, 0.15) is 5.82 Å². The second kappa shape index (κ2) is 4.91. The molecule has 24 heavy (non-hydrogen) atoms. The zero-order valence-corrected chi connectivity index (χ0v) is 13.7. The summed E-state index contributed by atoms with van der Waals surface area (Å²) in [7, 11) is 0. The van der Waals surface area contributed by atoms with Gasteiger partial charge in [0.15, 0.2) is 5.82 Å². The summed E-state index contributed by atoms with van der Waals surface area (Å²) in [6.07, 6.45) is 7.02. The Balaban J connectivity index is 1.45. The van der Waals surface area contributed by atoms with Crippen LogP contribution in [0.2, 0.25) is 0 Å². The first-order valence-corrected chi connectivity index (χ1v) is 8.95. The molecule has 4 aliphatic carbocycles. The molecule has 0 spiro atoms. The van der Waals surface area contributed by atoms with Gasteiger partial charge >= 0.3 is 0 Å². The number of rotatable bonds is 2. The van der Waals surface area contributed by atoms with Crippen molar-refractivity contribution in [3.8, 4) is 0 Å². The molecule has 5 nitrogen and oxygen atoms in total. The molecule has 6 rings (SSSR count). The van der Waals surface area contributed by atoms with Crippen molar-refractivity contribution in [2.45, 2.75) is 38.5 Å². The van der Waals surface area contributed by atoms with E-state index in [2.05, 4.69) is 15.2 Å². The van der Waals surface area contributed by atoms with Crippen LogP contribution in [0.15, 0.2) is 34.5 Å². The van der Waals surface area contributed by atoms with Crippen LogP contribution in [-0.4, -0.2) is 10.9 Å². The number of H-pyrrole nitrogens is 1. The van der Waals surface area contributed by atoms with Crippen LogP contribution in [0.1, 0.15) is 38.5 Å². The van der Waals surface area contributed by atoms with E-state index in [1.165, 1.54) is 19.3 Å². The van der Waals surface area contributed by atoms with Crippen LogP contribution in [0.3, 0.4) is 0 Å². The summed E-state index contributed by atoms with van der Waals surface area (Å²) in [4.78, 5) is 16.0. The lowest BCUT2D eigenvalue weighted by Gasteiger charge is -2.54. The van der Waals surface area contributed by atoms with Crippen molar-refractivity contribution in [3.05, 3.63) is 24.3 Å². The van der Waals surface area contributed by atoms with E-state index in [-0.39, 0.29) is 11.3 Å². The van der Waals surface area contributed by atoms with Crippen molar-refractivity contribution >= 4 is 28.3 Å². The topological polar surface area (TPSA) is 83.6 Å². The van der Waals surface area contributed by atoms with Gasteiger partial charge in [0.25, 0.3) is 5.91 Å². The fraction of sp³-hybridized carbons (Fsp3) is 0.526. The molecule has 4 fully saturated rings. The third-order valence-electron chi connectivity index (χ3n) is 6.46. The number of carbonyl (C=O) groups is 1. The summed E-state index contributed by atoms with van der Waals surface area (Å²) >= 11 is 0. The largest absolute Gasteiger partial charge is 0.385 e. The fourth-order valence-corrected chi connectivity index (χ4v) is 5.84. The normalized spacial score (nSPS) is 34.4.